The Morgan fingerprint density at radius 1 is 1.13 bits per heavy atom. The molecule has 2 amide bonds. The van der Waals surface area contributed by atoms with Gasteiger partial charge in [-0.05, 0) is 30.2 Å². The van der Waals surface area contributed by atoms with Gasteiger partial charge in [-0.3, -0.25) is 24.6 Å². The van der Waals surface area contributed by atoms with Gasteiger partial charge >= 0.3 is 5.97 Å². The van der Waals surface area contributed by atoms with Crippen LogP contribution in [0, 0.1) is 10.1 Å². The normalized spacial score (nSPS) is 22.1. The molecule has 4 rings (SSSR count). The number of non-ortho nitro benzene ring substituents is 1. The zero-order valence-electron chi connectivity index (χ0n) is 16.0. The standard InChI is InChI=1S/C21H17N3O6S/c25-18(13-4-2-1-3-5-13)22-17-19(26)23-16(21(27)28)11-15(31-20(17)23)10-12-6-8-14(9-7-12)24(29)30/h1-9,11,15,17,20H,10H2,(H,22,25)(H,27,28)/t15?,17?,20-/m1/s1. The van der Waals surface area contributed by atoms with Crippen molar-refractivity contribution < 1.29 is 24.4 Å². The molecule has 31 heavy (non-hydrogen) atoms. The summed E-state index contributed by atoms with van der Waals surface area (Å²) in [5.74, 6) is -2.10. The molecule has 0 bridgehead atoms. The van der Waals surface area contributed by atoms with Crippen molar-refractivity contribution in [3.8, 4) is 0 Å². The second kappa shape index (κ2) is 8.23. The highest BCUT2D eigenvalue weighted by Gasteiger charge is 2.54. The zero-order valence-corrected chi connectivity index (χ0v) is 16.8. The number of nitro groups is 1. The highest BCUT2D eigenvalue weighted by atomic mass is 32.2. The van der Waals surface area contributed by atoms with E-state index in [9.17, 15) is 29.6 Å². The fourth-order valence-electron chi connectivity index (χ4n) is 3.55. The average Bonchev–Trinajstić information content (AvgIpc) is 2.77. The highest BCUT2D eigenvalue weighted by Crippen LogP contribution is 2.42. The Morgan fingerprint density at radius 2 is 1.81 bits per heavy atom. The summed E-state index contributed by atoms with van der Waals surface area (Å²) in [7, 11) is 0. The van der Waals surface area contributed by atoms with Crippen LogP contribution in [0.5, 0.6) is 0 Å². The van der Waals surface area contributed by atoms with Crippen molar-refractivity contribution in [3.63, 3.8) is 0 Å². The summed E-state index contributed by atoms with van der Waals surface area (Å²) in [4.78, 5) is 48.3. The molecule has 2 unspecified atom stereocenters. The minimum atomic E-state index is -1.22. The monoisotopic (exact) mass is 439 g/mol. The third-order valence-electron chi connectivity index (χ3n) is 5.09. The lowest BCUT2D eigenvalue weighted by atomic mass is 10.0. The number of carboxylic acids is 1. The number of aliphatic carboxylic acids is 1. The van der Waals surface area contributed by atoms with Crippen LogP contribution in [-0.4, -0.2) is 49.4 Å². The first-order chi connectivity index (χ1) is 14.8. The molecule has 2 N–H and O–H groups in total. The van der Waals surface area contributed by atoms with Crippen LogP contribution in [0.25, 0.3) is 0 Å². The molecular formula is C21H17N3O6S. The summed E-state index contributed by atoms with van der Waals surface area (Å²) in [6.07, 6.45) is 1.94. The molecule has 10 heteroatoms. The van der Waals surface area contributed by atoms with E-state index in [0.29, 0.717) is 12.0 Å². The molecule has 0 radical (unpaired) electrons. The van der Waals surface area contributed by atoms with Gasteiger partial charge in [-0.1, -0.05) is 30.3 Å². The molecule has 2 aromatic rings. The van der Waals surface area contributed by atoms with E-state index in [1.807, 2.05) is 0 Å². The Hall–Kier alpha value is -3.66. The van der Waals surface area contributed by atoms with Gasteiger partial charge in [0.2, 0.25) is 0 Å². The summed E-state index contributed by atoms with van der Waals surface area (Å²) < 4.78 is 0. The van der Waals surface area contributed by atoms with Crippen LogP contribution >= 0.6 is 11.8 Å². The summed E-state index contributed by atoms with van der Waals surface area (Å²) in [5, 5.41) is 22.3. The molecule has 0 aliphatic carbocycles. The second-order valence-corrected chi connectivity index (χ2v) is 8.44. The van der Waals surface area contributed by atoms with Crippen LogP contribution in [0.4, 0.5) is 5.69 Å². The first kappa shape index (κ1) is 20.6. The third-order valence-corrected chi connectivity index (χ3v) is 6.50. The van der Waals surface area contributed by atoms with E-state index in [-0.39, 0.29) is 16.6 Å². The Morgan fingerprint density at radius 3 is 2.42 bits per heavy atom. The van der Waals surface area contributed by atoms with Crippen molar-refractivity contribution in [1.82, 2.24) is 10.2 Å². The molecule has 3 atom stereocenters. The largest absolute Gasteiger partial charge is 0.477 e. The minimum Gasteiger partial charge on any atom is -0.477 e. The first-order valence-corrected chi connectivity index (χ1v) is 10.3. The molecule has 9 nitrogen and oxygen atoms in total. The summed E-state index contributed by atoms with van der Waals surface area (Å²) in [6.45, 7) is 0. The van der Waals surface area contributed by atoms with E-state index in [0.717, 1.165) is 5.56 Å². The molecule has 1 saturated heterocycles. The van der Waals surface area contributed by atoms with Crippen molar-refractivity contribution in [2.24, 2.45) is 0 Å². The van der Waals surface area contributed by atoms with Crippen molar-refractivity contribution in [1.29, 1.82) is 0 Å². The van der Waals surface area contributed by atoms with E-state index < -0.39 is 34.1 Å². The van der Waals surface area contributed by atoms with E-state index in [1.165, 1.54) is 34.9 Å². The number of amides is 2. The zero-order chi connectivity index (χ0) is 22.1. The number of fused-ring (bicyclic) bond motifs is 1. The van der Waals surface area contributed by atoms with Crippen LogP contribution in [0.3, 0.4) is 0 Å². The maximum Gasteiger partial charge on any atom is 0.352 e. The molecular weight excluding hydrogens is 422 g/mol. The number of β-lactam (4-membered cyclic amide) rings is 1. The molecule has 2 heterocycles. The lowest BCUT2D eigenvalue weighted by Crippen LogP contribution is -2.70. The van der Waals surface area contributed by atoms with Gasteiger partial charge in [-0.15, -0.1) is 11.8 Å². The van der Waals surface area contributed by atoms with Crippen molar-refractivity contribution in [3.05, 3.63) is 87.6 Å². The predicted octanol–water partition coefficient (Wildman–Crippen LogP) is 2.19. The van der Waals surface area contributed by atoms with Gasteiger partial charge in [0.05, 0.1) is 4.92 Å². The number of nitrogens with zero attached hydrogens (tertiary/aromatic N) is 2. The van der Waals surface area contributed by atoms with Gasteiger partial charge in [0.25, 0.3) is 17.5 Å². The number of carboxylic acid groups (broad SMARTS) is 1. The number of benzene rings is 2. The van der Waals surface area contributed by atoms with Crippen LogP contribution in [0.1, 0.15) is 15.9 Å². The van der Waals surface area contributed by atoms with Crippen LogP contribution in [0.2, 0.25) is 0 Å². The van der Waals surface area contributed by atoms with E-state index in [4.69, 9.17) is 0 Å². The average molecular weight is 439 g/mol. The van der Waals surface area contributed by atoms with Gasteiger partial charge < -0.3 is 10.4 Å². The lowest BCUT2D eigenvalue weighted by molar-refractivity contribution is -0.384. The van der Waals surface area contributed by atoms with Crippen LogP contribution in [0.15, 0.2) is 66.4 Å². The predicted molar refractivity (Wildman–Crippen MR) is 112 cm³/mol. The topological polar surface area (TPSA) is 130 Å². The maximum absolute atomic E-state index is 12.6. The molecule has 2 aliphatic rings. The number of rotatable bonds is 6. The summed E-state index contributed by atoms with van der Waals surface area (Å²) in [6, 6.07) is 13.7. The van der Waals surface area contributed by atoms with E-state index in [2.05, 4.69) is 5.32 Å². The van der Waals surface area contributed by atoms with Gasteiger partial charge in [0, 0.05) is 22.9 Å². The Balaban J connectivity index is 1.51. The SMILES string of the molecule is O=C(O)C1=CC(Cc2ccc([N+](=O)[O-])cc2)S[C@@H]2C(NC(=O)c3ccccc3)C(=O)N12. The molecule has 0 spiro atoms. The number of nitrogens with one attached hydrogen (secondary N) is 1. The quantitative estimate of drug-likeness (QED) is 0.401. The number of hydrogen-bond acceptors (Lipinski definition) is 6. The van der Waals surface area contributed by atoms with Crippen LogP contribution in [-0.2, 0) is 16.0 Å². The van der Waals surface area contributed by atoms with Crippen molar-refractivity contribution in [2.45, 2.75) is 23.1 Å². The van der Waals surface area contributed by atoms with Crippen LogP contribution < -0.4 is 5.32 Å². The minimum absolute atomic E-state index is 0.0266. The molecule has 1 fully saturated rings. The molecule has 0 saturated carbocycles. The summed E-state index contributed by atoms with van der Waals surface area (Å²) >= 11 is 1.37. The second-order valence-electron chi connectivity index (χ2n) is 7.08. The molecule has 0 aromatic heterocycles. The Kier molecular flexibility index (Phi) is 5.47. The van der Waals surface area contributed by atoms with E-state index >= 15 is 0 Å². The smallest absolute Gasteiger partial charge is 0.352 e. The van der Waals surface area contributed by atoms with Crippen molar-refractivity contribution >= 4 is 35.2 Å². The van der Waals surface area contributed by atoms with Gasteiger partial charge in [-0.25, -0.2) is 4.79 Å². The highest BCUT2D eigenvalue weighted by molar-refractivity contribution is 8.00. The number of hydrogen-bond donors (Lipinski definition) is 2. The number of nitro benzene ring substituents is 1. The van der Waals surface area contributed by atoms with Gasteiger partial charge in [0.1, 0.15) is 17.1 Å². The fraction of sp³-hybridized carbons (Fsp3) is 0.190. The molecule has 2 aliphatic heterocycles. The third kappa shape index (κ3) is 4.02. The Labute approximate surface area is 180 Å². The number of carbonyl (C=O) groups excluding carboxylic acids is 2. The Bertz CT molecular complexity index is 1090. The summed E-state index contributed by atoms with van der Waals surface area (Å²) in [5.41, 5.74) is 1.06. The number of thioether (sulfide) groups is 1. The fourth-order valence-corrected chi connectivity index (χ4v) is 5.08. The van der Waals surface area contributed by atoms with Gasteiger partial charge in [-0.2, -0.15) is 0 Å². The maximum atomic E-state index is 12.6. The lowest BCUT2D eigenvalue weighted by Gasteiger charge is -2.49. The van der Waals surface area contributed by atoms with E-state index in [1.54, 1.807) is 42.5 Å². The molecule has 158 valence electrons. The number of carbonyl (C=O) groups is 3. The van der Waals surface area contributed by atoms with Crippen molar-refractivity contribution in [2.75, 3.05) is 0 Å². The molecule has 2 aromatic carbocycles. The van der Waals surface area contributed by atoms with Gasteiger partial charge in [0.15, 0.2) is 0 Å². The first-order valence-electron chi connectivity index (χ1n) is 9.38.